The van der Waals surface area contributed by atoms with Gasteiger partial charge in [-0.15, -0.1) is 0 Å². The number of pyridine rings is 1. The van der Waals surface area contributed by atoms with Crippen LogP contribution in [0.5, 0.6) is 0 Å². The van der Waals surface area contributed by atoms with E-state index < -0.39 is 0 Å². The summed E-state index contributed by atoms with van der Waals surface area (Å²) in [6.07, 6.45) is 2.92. The molecule has 0 radical (unpaired) electrons. The summed E-state index contributed by atoms with van der Waals surface area (Å²) in [5, 5.41) is 12.1. The Morgan fingerprint density at radius 3 is 2.85 bits per heavy atom. The molecule has 0 aliphatic rings. The fourth-order valence-corrected chi connectivity index (χ4v) is 1.90. The third-order valence-electron chi connectivity index (χ3n) is 2.77. The van der Waals surface area contributed by atoms with E-state index in [1.165, 1.54) is 6.20 Å². The van der Waals surface area contributed by atoms with Gasteiger partial charge in [0.25, 0.3) is 5.91 Å². The summed E-state index contributed by atoms with van der Waals surface area (Å²) >= 11 is 5.73. The molecule has 0 saturated heterocycles. The van der Waals surface area contributed by atoms with Gasteiger partial charge in [0.15, 0.2) is 0 Å². The molecule has 0 unspecified atom stereocenters. The van der Waals surface area contributed by atoms with Crippen molar-refractivity contribution in [1.29, 1.82) is 0 Å². The van der Waals surface area contributed by atoms with E-state index in [9.17, 15) is 4.79 Å². The third-order valence-corrected chi connectivity index (χ3v) is 2.99. The summed E-state index contributed by atoms with van der Waals surface area (Å²) in [4.78, 5) is 16.0. The number of hydrogen-bond donors (Lipinski definition) is 2. The van der Waals surface area contributed by atoms with Crippen molar-refractivity contribution in [2.45, 2.75) is 12.8 Å². The Hall–Kier alpha value is -1.91. The number of aryl methyl sites for hydroxylation is 1. The van der Waals surface area contributed by atoms with Crippen molar-refractivity contribution in [2.75, 3.05) is 11.9 Å². The fraction of sp³-hybridized carbons (Fsp3) is 0.200. The summed E-state index contributed by atoms with van der Waals surface area (Å²) in [6.45, 7) is 0.158. The molecule has 1 amide bonds. The first-order valence-corrected chi connectivity index (χ1v) is 6.69. The van der Waals surface area contributed by atoms with Crippen LogP contribution in [-0.4, -0.2) is 22.6 Å². The molecule has 1 heterocycles. The van der Waals surface area contributed by atoms with Gasteiger partial charge in [-0.1, -0.05) is 23.7 Å². The normalized spacial score (nSPS) is 10.3. The number of benzene rings is 1. The summed E-state index contributed by atoms with van der Waals surface area (Å²) in [5.41, 5.74) is 2.10. The van der Waals surface area contributed by atoms with E-state index in [2.05, 4.69) is 10.3 Å². The first-order chi connectivity index (χ1) is 9.69. The van der Waals surface area contributed by atoms with Crippen molar-refractivity contribution < 1.29 is 9.90 Å². The maximum absolute atomic E-state index is 12.0. The molecular formula is C15H15ClN2O2. The number of nitrogens with zero attached hydrogens (tertiary/aromatic N) is 1. The van der Waals surface area contributed by atoms with Gasteiger partial charge in [0.2, 0.25) is 0 Å². The molecule has 2 N–H and O–H groups in total. The van der Waals surface area contributed by atoms with Crippen LogP contribution in [0, 0.1) is 0 Å². The predicted octanol–water partition coefficient (Wildman–Crippen LogP) is 2.91. The van der Waals surface area contributed by atoms with E-state index in [0.717, 1.165) is 12.0 Å². The lowest BCUT2D eigenvalue weighted by molar-refractivity contribution is 0.102. The highest BCUT2D eigenvalue weighted by Gasteiger charge is 2.07. The highest BCUT2D eigenvalue weighted by atomic mass is 35.5. The molecule has 2 rings (SSSR count). The van der Waals surface area contributed by atoms with Gasteiger partial charge >= 0.3 is 0 Å². The first-order valence-electron chi connectivity index (χ1n) is 6.32. The molecule has 20 heavy (non-hydrogen) atoms. The lowest BCUT2D eigenvalue weighted by atomic mass is 10.1. The number of anilines is 1. The van der Waals surface area contributed by atoms with Crippen LogP contribution in [0.3, 0.4) is 0 Å². The zero-order chi connectivity index (χ0) is 14.4. The molecule has 104 valence electrons. The second-order valence-corrected chi connectivity index (χ2v) is 4.78. The molecule has 1 aromatic carbocycles. The number of amides is 1. The monoisotopic (exact) mass is 290 g/mol. The van der Waals surface area contributed by atoms with Crippen LogP contribution in [0.4, 0.5) is 5.69 Å². The van der Waals surface area contributed by atoms with Crippen LogP contribution in [-0.2, 0) is 6.42 Å². The maximum Gasteiger partial charge on any atom is 0.274 e. The predicted molar refractivity (Wildman–Crippen MR) is 79.0 cm³/mol. The number of halogens is 1. The van der Waals surface area contributed by atoms with E-state index in [-0.39, 0.29) is 12.5 Å². The lowest BCUT2D eigenvalue weighted by Gasteiger charge is -2.07. The smallest absolute Gasteiger partial charge is 0.274 e. The second-order valence-electron chi connectivity index (χ2n) is 4.34. The van der Waals surface area contributed by atoms with E-state index in [4.69, 9.17) is 16.7 Å². The Kier molecular flexibility index (Phi) is 5.09. The molecule has 5 heteroatoms. The van der Waals surface area contributed by atoms with Crippen LogP contribution in [0.25, 0.3) is 0 Å². The molecule has 0 atom stereocenters. The fourth-order valence-electron chi connectivity index (χ4n) is 1.79. The summed E-state index contributed by atoms with van der Waals surface area (Å²) in [6, 6.07) is 10.7. The molecule has 0 aliphatic carbocycles. The van der Waals surface area contributed by atoms with E-state index in [1.807, 2.05) is 24.3 Å². The third kappa shape index (κ3) is 4.05. The zero-order valence-corrected chi connectivity index (χ0v) is 11.6. The van der Waals surface area contributed by atoms with Crippen molar-refractivity contribution >= 4 is 23.2 Å². The number of aromatic nitrogens is 1. The quantitative estimate of drug-likeness (QED) is 0.890. The van der Waals surface area contributed by atoms with E-state index in [1.54, 1.807) is 12.1 Å². The van der Waals surface area contributed by atoms with Crippen LogP contribution in [0.2, 0.25) is 5.02 Å². The molecule has 0 saturated carbocycles. The Balaban J connectivity index is 2.05. The molecule has 0 bridgehead atoms. The molecule has 0 aliphatic heterocycles. The number of aliphatic hydroxyl groups is 1. The Labute approximate surface area is 122 Å². The van der Waals surface area contributed by atoms with Gasteiger partial charge in [-0.2, -0.15) is 0 Å². The Morgan fingerprint density at radius 2 is 2.15 bits per heavy atom. The van der Waals surface area contributed by atoms with Gasteiger partial charge in [-0.3, -0.25) is 4.79 Å². The Bertz CT molecular complexity index is 585. The van der Waals surface area contributed by atoms with Crippen LogP contribution < -0.4 is 5.32 Å². The molecule has 2 aromatic rings. The zero-order valence-electron chi connectivity index (χ0n) is 10.8. The molecular weight excluding hydrogens is 276 g/mol. The van der Waals surface area contributed by atoms with Gasteiger partial charge in [0, 0.05) is 18.5 Å². The van der Waals surface area contributed by atoms with Crippen molar-refractivity contribution in [1.82, 2.24) is 4.98 Å². The minimum Gasteiger partial charge on any atom is -0.396 e. The summed E-state index contributed by atoms with van der Waals surface area (Å²) in [7, 11) is 0. The van der Waals surface area contributed by atoms with Gasteiger partial charge in [-0.25, -0.2) is 4.98 Å². The topological polar surface area (TPSA) is 62.2 Å². The van der Waals surface area contributed by atoms with Gasteiger partial charge in [0.1, 0.15) is 5.69 Å². The van der Waals surface area contributed by atoms with Crippen LogP contribution in [0.1, 0.15) is 22.5 Å². The highest BCUT2D eigenvalue weighted by molar-refractivity contribution is 6.30. The lowest BCUT2D eigenvalue weighted by Crippen LogP contribution is -2.13. The molecule has 4 nitrogen and oxygen atoms in total. The van der Waals surface area contributed by atoms with Crippen LogP contribution >= 0.6 is 11.6 Å². The number of carbonyl (C=O) groups excluding carboxylic acids is 1. The second kappa shape index (κ2) is 7.03. The number of rotatable bonds is 5. The first kappa shape index (κ1) is 14.5. The largest absolute Gasteiger partial charge is 0.396 e. The average molecular weight is 291 g/mol. The SMILES string of the molecule is O=C(Nc1cccc(CCCO)c1)c1ccc(Cl)cn1. The van der Waals surface area contributed by atoms with Crippen molar-refractivity contribution in [2.24, 2.45) is 0 Å². The van der Waals surface area contributed by atoms with Crippen molar-refractivity contribution in [3.05, 3.63) is 58.9 Å². The highest BCUT2D eigenvalue weighted by Crippen LogP contribution is 2.14. The standard InChI is InChI=1S/C15H15ClN2O2/c16-12-6-7-14(17-10-12)15(20)18-13-5-1-3-11(9-13)4-2-8-19/h1,3,5-7,9-10,19H,2,4,8H2,(H,18,20). The maximum atomic E-state index is 12.0. The van der Waals surface area contributed by atoms with E-state index >= 15 is 0 Å². The minimum absolute atomic E-state index is 0.158. The summed E-state index contributed by atoms with van der Waals surface area (Å²) < 4.78 is 0. The number of aliphatic hydroxyl groups excluding tert-OH is 1. The number of carbonyl (C=O) groups is 1. The van der Waals surface area contributed by atoms with E-state index in [0.29, 0.717) is 22.8 Å². The minimum atomic E-state index is -0.277. The van der Waals surface area contributed by atoms with Crippen molar-refractivity contribution in [3.8, 4) is 0 Å². The molecule has 0 spiro atoms. The Morgan fingerprint density at radius 1 is 1.30 bits per heavy atom. The van der Waals surface area contributed by atoms with Gasteiger partial charge in [0.05, 0.1) is 5.02 Å². The van der Waals surface area contributed by atoms with Crippen LogP contribution in [0.15, 0.2) is 42.6 Å². The van der Waals surface area contributed by atoms with Crippen molar-refractivity contribution in [3.63, 3.8) is 0 Å². The van der Waals surface area contributed by atoms with Gasteiger partial charge < -0.3 is 10.4 Å². The molecule has 1 aromatic heterocycles. The number of nitrogens with one attached hydrogen (secondary N) is 1. The average Bonchev–Trinajstić information content (AvgIpc) is 2.46. The summed E-state index contributed by atoms with van der Waals surface area (Å²) in [5.74, 6) is -0.277. The number of hydrogen-bond acceptors (Lipinski definition) is 3. The van der Waals surface area contributed by atoms with Gasteiger partial charge in [-0.05, 0) is 42.7 Å². The molecule has 0 fully saturated rings.